The molecule has 3 heteroatoms. The summed E-state index contributed by atoms with van der Waals surface area (Å²) in [7, 11) is 0. The van der Waals surface area contributed by atoms with Crippen LogP contribution in [0.15, 0.2) is 90.5 Å². The summed E-state index contributed by atoms with van der Waals surface area (Å²) >= 11 is 2.33. The van der Waals surface area contributed by atoms with Gasteiger partial charge in [-0.05, 0) is 80.2 Å². The Hall–Kier alpha value is -2.92. The summed E-state index contributed by atoms with van der Waals surface area (Å²) < 4.78 is 1.16. The van der Waals surface area contributed by atoms with Crippen LogP contribution in [-0.2, 0) is 11.2 Å². The molecular weight excluding hydrogens is 493 g/mol. The SMILES string of the molecule is O=C1Nc2ccc(I)cc2C1C1C(Cc2ccc3ccccc3c2)=Cc2ccccc21. The van der Waals surface area contributed by atoms with Crippen molar-refractivity contribution in [2.24, 2.45) is 0 Å². The Kier molecular flexibility index (Phi) is 4.46. The van der Waals surface area contributed by atoms with Gasteiger partial charge in [-0.3, -0.25) is 4.79 Å². The molecule has 0 saturated heterocycles. The number of amides is 1. The van der Waals surface area contributed by atoms with Crippen molar-refractivity contribution in [3.63, 3.8) is 0 Å². The third kappa shape index (κ3) is 3.19. The van der Waals surface area contributed by atoms with Gasteiger partial charge in [0.25, 0.3) is 0 Å². The maximum atomic E-state index is 13.2. The van der Waals surface area contributed by atoms with E-state index in [2.05, 4.69) is 113 Å². The number of fused-ring (bicyclic) bond motifs is 3. The largest absolute Gasteiger partial charge is 0.325 e. The van der Waals surface area contributed by atoms with E-state index in [4.69, 9.17) is 0 Å². The molecule has 4 aromatic carbocycles. The molecule has 1 amide bonds. The average Bonchev–Trinajstić information content (AvgIpc) is 3.29. The summed E-state index contributed by atoms with van der Waals surface area (Å²) in [6.45, 7) is 0. The van der Waals surface area contributed by atoms with Crippen LogP contribution in [0.3, 0.4) is 0 Å². The second kappa shape index (κ2) is 7.34. The number of carbonyl (C=O) groups is 1. The molecule has 2 unspecified atom stereocenters. The van der Waals surface area contributed by atoms with Crippen LogP contribution in [0.25, 0.3) is 16.8 Å². The molecule has 1 aliphatic heterocycles. The summed E-state index contributed by atoms with van der Waals surface area (Å²) in [5, 5.41) is 5.63. The standard InChI is InChI=1S/C28H20INO/c29-22-11-12-25-24(16-22)27(28(31)30-25)26-21(15-20-7-3-4-8-23(20)26)14-17-9-10-18-5-1-2-6-19(18)13-17/h1-13,15-16,26-27H,14H2,(H,30,31). The number of allylic oxidation sites excluding steroid dienone is 1. The molecule has 150 valence electrons. The number of hydrogen-bond donors (Lipinski definition) is 1. The Morgan fingerprint density at radius 3 is 2.48 bits per heavy atom. The number of carbonyl (C=O) groups excluding carboxylic acids is 1. The van der Waals surface area contributed by atoms with Gasteiger partial charge in [0.2, 0.25) is 5.91 Å². The van der Waals surface area contributed by atoms with E-state index in [1.165, 1.54) is 33.0 Å². The minimum Gasteiger partial charge on any atom is -0.325 e. The molecule has 0 fully saturated rings. The fourth-order valence-corrected chi connectivity index (χ4v) is 5.66. The van der Waals surface area contributed by atoms with Crippen LogP contribution in [0.2, 0.25) is 0 Å². The minimum absolute atomic E-state index is 0.0575. The highest BCUT2D eigenvalue weighted by Crippen LogP contribution is 2.50. The Labute approximate surface area is 195 Å². The van der Waals surface area contributed by atoms with Gasteiger partial charge in [-0.2, -0.15) is 0 Å². The lowest BCUT2D eigenvalue weighted by molar-refractivity contribution is -0.117. The lowest BCUT2D eigenvalue weighted by atomic mass is 9.78. The molecule has 0 spiro atoms. The van der Waals surface area contributed by atoms with Crippen LogP contribution in [0, 0.1) is 3.57 Å². The van der Waals surface area contributed by atoms with Crippen LogP contribution in [0.5, 0.6) is 0 Å². The summed E-state index contributed by atoms with van der Waals surface area (Å²) in [5.41, 5.74) is 7.14. The smallest absolute Gasteiger partial charge is 0.232 e. The lowest BCUT2D eigenvalue weighted by Gasteiger charge is -2.23. The minimum atomic E-state index is -0.194. The normalized spacial score (nSPS) is 19.1. The van der Waals surface area contributed by atoms with E-state index in [1.807, 2.05) is 6.07 Å². The second-order valence-corrected chi connectivity index (χ2v) is 9.63. The summed E-state index contributed by atoms with van der Waals surface area (Å²) in [5.74, 6) is -0.0368. The highest BCUT2D eigenvalue weighted by Gasteiger charge is 2.41. The highest BCUT2D eigenvalue weighted by molar-refractivity contribution is 14.1. The maximum absolute atomic E-state index is 13.2. The van der Waals surface area contributed by atoms with Crippen molar-refractivity contribution >= 4 is 51.0 Å². The first-order chi connectivity index (χ1) is 15.2. The predicted molar refractivity (Wildman–Crippen MR) is 135 cm³/mol. The van der Waals surface area contributed by atoms with E-state index >= 15 is 0 Å². The number of hydrogen-bond acceptors (Lipinski definition) is 1. The molecule has 4 aromatic rings. The first kappa shape index (κ1) is 18.8. The van der Waals surface area contributed by atoms with Gasteiger partial charge < -0.3 is 5.32 Å². The van der Waals surface area contributed by atoms with E-state index in [0.717, 1.165) is 21.2 Å². The van der Waals surface area contributed by atoms with Gasteiger partial charge in [-0.25, -0.2) is 0 Å². The van der Waals surface area contributed by atoms with Gasteiger partial charge in [0.05, 0.1) is 5.92 Å². The molecule has 1 heterocycles. The molecule has 31 heavy (non-hydrogen) atoms. The summed E-state index contributed by atoms with van der Waals surface area (Å²) in [4.78, 5) is 13.2. The third-order valence-corrected chi connectivity index (χ3v) is 7.19. The Balaban J connectivity index is 1.44. The molecule has 1 N–H and O–H groups in total. The van der Waals surface area contributed by atoms with Crippen molar-refractivity contribution in [3.8, 4) is 0 Å². The quantitative estimate of drug-likeness (QED) is 0.297. The molecule has 2 atom stereocenters. The van der Waals surface area contributed by atoms with Gasteiger partial charge in [0.15, 0.2) is 0 Å². The van der Waals surface area contributed by atoms with Crippen LogP contribution < -0.4 is 5.32 Å². The van der Waals surface area contributed by atoms with Gasteiger partial charge in [-0.1, -0.05) is 78.4 Å². The molecule has 6 rings (SSSR count). The molecule has 1 aliphatic carbocycles. The molecule has 2 aliphatic rings. The molecule has 2 nitrogen and oxygen atoms in total. The maximum Gasteiger partial charge on any atom is 0.232 e. The van der Waals surface area contributed by atoms with Crippen molar-refractivity contribution in [1.82, 2.24) is 0 Å². The topological polar surface area (TPSA) is 29.1 Å². The molecule has 0 aromatic heterocycles. The van der Waals surface area contributed by atoms with Gasteiger partial charge in [-0.15, -0.1) is 0 Å². The zero-order valence-electron chi connectivity index (χ0n) is 16.8. The van der Waals surface area contributed by atoms with E-state index in [9.17, 15) is 4.79 Å². The lowest BCUT2D eigenvalue weighted by Crippen LogP contribution is -2.20. The van der Waals surface area contributed by atoms with E-state index in [0.29, 0.717) is 0 Å². The van der Waals surface area contributed by atoms with E-state index in [-0.39, 0.29) is 17.7 Å². The molecule has 0 radical (unpaired) electrons. The average molecular weight is 513 g/mol. The Morgan fingerprint density at radius 2 is 1.58 bits per heavy atom. The van der Waals surface area contributed by atoms with Crippen LogP contribution in [0.1, 0.15) is 34.1 Å². The number of benzene rings is 4. The first-order valence-electron chi connectivity index (χ1n) is 10.5. The first-order valence-corrected chi connectivity index (χ1v) is 11.6. The van der Waals surface area contributed by atoms with Crippen molar-refractivity contribution in [2.75, 3.05) is 5.32 Å². The van der Waals surface area contributed by atoms with Crippen LogP contribution in [0.4, 0.5) is 5.69 Å². The van der Waals surface area contributed by atoms with Crippen LogP contribution in [-0.4, -0.2) is 5.91 Å². The zero-order chi connectivity index (χ0) is 20.9. The second-order valence-electron chi connectivity index (χ2n) is 8.38. The third-order valence-electron chi connectivity index (χ3n) is 6.52. The highest BCUT2D eigenvalue weighted by atomic mass is 127. The van der Waals surface area contributed by atoms with Crippen molar-refractivity contribution < 1.29 is 4.79 Å². The van der Waals surface area contributed by atoms with E-state index in [1.54, 1.807) is 0 Å². The summed E-state index contributed by atoms with van der Waals surface area (Å²) in [6, 6.07) is 29.9. The van der Waals surface area contributed by atoms with Crippen LogP contribution >= 0.6 is 22.6 Å². The molecule has 0 saturated carbocycles. The Morgan fingerprint density at radius 1 is 0.774 bits per heavy atom. The number of nitrogens with one attached hydrogen (secondary N) is 1. The van der Waals surface area contributed by atoms with Gasteiger partial charge in [0, 0.05) is 15.2 Å². The fraction of sp³-hybridized carbons (Fsp3) is 0.107. The summed E-state index contributed by atoms with van der Waals surface area (Å²) in [6.07, 6.45) is 3.14. The number of halogens is 1. The molecular formula is C28H20INO. The fourth-order valence-electron chi connectivity index (χ4n) is 5.14. The predicted octanol–water partition coefficient (Wildman–Crippen LogP) is 6.90. The van der Waals surface area contributed by atoms with Crippen molar-refractivity contribution in [1.29, 1.82) is 0 Å². The zero-order valence-corrected chi connectivity index (χ0v) is 19.0. The van der Waals surface area contributed by atoms with Gasteiger partial charge >= 0.3 is 0 Å². The van der Waals surface area contributed by atoms with Crippen molar-refractivity contribution in [3.05, 3.63) is 116 Å². The van der Waals surface area contributed by atoms with Gasteiger partial charge in [0.1, 0.15) is 0 Å². The molecule has 0 bridgehead atoms. The Bertz CT molecular complexity index is 1390. The van der Waals surface area contributed by atoms with E-state index < -0.39 is 0 Å². The number of rotatable bonds is 3. The monoisotopic (exact) mass is 513 g/mol. The number of anilines is 1. The van der Waals surface area contributed by atoms with Crippen molar-refractivity contribution in [2.45, 2.75) is 18.3 Å².